The molecule has 2 heterocycles. The van der Waals surface area contributed by atoms with Crippen molar-refractivity contribution in [3.8, 4) is 0 Å². The highest BCUT2D eigenvalue weighted by Crippen LogP contribution is 2.22. The summed E-state index contributed by atoms with van der Waals surface area (Å²) in [4.78, 5) is 1.37. The fourth-order valence-electron chi connectivity index (χ4n) is 1.18. The fraction of sp³-hybridized carbons (Fsp3) is 0.222. The third-order valence-corrected chi connectivity index (χ3v) is 2.67. The van der Waals surface area contributed by atoms with E-state index in [0.29, 0.717) is 0 Å². The third-order valence-electron chi connectivity index (χ3n) is 1.74. The van der Waals surface area contributed by atoms with Gasteiger partial charge >= 0.3 is 0 Å². The summed E-state index contributed by atoms with van der Waals surface area (Å²) in [6, 6.07) is 5.61. The normalized spacial score (nSPS) is 18.9. The van der Waals surface area contributed by atoms with Crippen LogP contribution < -0.4 is 5.32 Å². The van der Waals surface area contributed by atoms with Crippen LogP contribution in [0, 0.1) is 6.04 Å². The molecule has 1 aliphatic rings. The summed E-state index contributed by atoms with van der Waals surface area (Å²) in [5.74, 6) is 0. The molecule has 0 bridgehead atoms. The SMILES string of the molecule is C1=CC[C](c2cccs2)NC1. The van der Waals surface area contributed by atoms with E-state index in [1.54, 1.807) is 11.3 Å². The molecule has 57 valence electrons. The Morgan fingerprint density at radius 3 is 3.00 bits per heavy atom. The lowest BCUT2D eigenvalue weighted by molar-refractivity contribution is 0.745. The summed E-state index contributed by atoms with van der Waals surface area (Å²) >= 11 is 1.80. The third kappa shape index (κ3) is 1.52. The molecule has 0 aromatic carbocycles. The predicted molar refractivity (Wildman–Crippen MR) is 48.4 cm³/mol. The monoisotopic (exact) mass is 164 g/mol. The Morgan fingerprint density at radius 1 is 1.36 bits per heavy atom. The zero-order valence-corrected chi connectivity index (χ0v) is 7.03. The maximum Gasteiger partial charge on any atom is 0.0803 e. The molecular weight excluding hydrogens is 154 g/mol. The molecule has 0 unspecified atom stereocenters. The Morgan fingerprint density at radius 2 is 2.36 bits per heavy atom. The minimum atomic E-state index is 0.979. The quantitative estimate of drug-likeness (QED) is 0.627. The molecule has 0 amide bonds. The standard InChI is InChI=1S/C9H10NS/c1-2-6-10-8(4-1)9-5-3-7-11-9/h1-3,5,7,10H,4,6H2. The maximum atomic E-state index is 3.36. The van der Waals surface area contributed by atoms with Gasteiger partial charge in [-0.2, -0.15) is 0 Å². The first-order valence-corrected chi connectivity index (χ1v) is 4.63. The van der Waals surface area contributed by atoms with Gasteiger partial charge in [-0.25, -0.2) is 0 Å². The second kappa shape index (κ2) is 3.20. The minimum Gasteiger partial charge on any atom is -0.301 e. The van der Waals surface area contributed by atoms with Crippen LogP contribution in [0.5, 0.6) is 0 Å². The molecule has 11 heavy (non-hydrogen) atoms. The second-order valence-corrected chi connectivity index (χ2v) is 3.46. The van der Waals surface area contributed by atoms with E-state index in [0.717, 1.165) is 13.0 Å². The zero-order chi connectivity index (χ0) is 7.52. The van der Waals surface area contributed by atoms with Crippen LogP contribution in [-0.2, 0) is 0 Å². The van der Waals surface area contributed by atoms with Crippen LogP contribution in [0.4, 0.5) is 0 Å². The number of rotatable bonds is 1. The van der Waals surface area contributed by atoms with E-state index in [4.69, 9.17) is 0 Å². The summed E-state index contributed by atoms with van der Waals surface area (Å²) in [5, 5.41) is 5.48. The van der Waals surface area contributed by atoms with Gasteiger partial charge in [0.2, 0.25) is 0 Å². The van der Waals surface area contributed by atoms with Gasteiger partial charge in [-0.3, -0.25) is 0 Å². The molecule has 0 saturated heterocycles. The average Bonchev–Trinajstić information content (AvgIpc) is 2.58. The van der Waals surface area contributed by atoms with E-state index >= 15 is 0 Å². The Hall–Kier alpha value is -0.600. The van der Waals surface area contributed by atoms with Crippen molar-refractivity contribution in [1.82, 2.24) is 5.32 Å². The van der Waals surface area contributed by atoms with E-state index in [9.17, 15) is 0 Å². The highest BCUT2D eigenvalue weighted by molar-refractivity contribution is 7.10. The van der Waals surface area contributed by atoms with E-state index in [2.05, 4.69) is 35.0 Å². The maximum absolute atomic E-state index is 3.36. The molecule has 0 spiro atoms. The van der Waals surface area contributed by atoms with E-state index < -0.39 is 0 Å². The van der Waals surface area contributed by atoms with Crippen LogP contribution in [0.3, 0.4) is 0 Å². The van der Waals surface area contributed by atoms with Gasteiger partial charge in [0.1, 0.15) is 0 Å². The van der Waals surface area contributed by atoms with Crippen LogP contribution >= 0.6 is 11.3 Å². The summed E-state index contributed by atoms with van der Waals surface area (Å²) in [6.07, 6.45) is 5.43. The van der Waals surface area contributed by atoms with Crippen molar-refractivity contribution in [2.75, 3.05) is 6.54 Å². The van der Waals surface area contributed by atoms with Gasteiger partial charge in [-0.05, 0) is 17.9 Å². The number of hydrogen-bond acceptors (Lipinski definition) is 2. The molecule has 1 aromatic rings. The van der Waals surface area contributed by atoms with E-state index in [1.165, 1.54) is 10.9 Å². The van der Waals surface area contributed by atoms with Crippen LogP contribution in [0.1, 0.15) is 11.3 Å². The lowest BCUT2D eigenvalue weighted by Crippen LogP contribution is -2.23. The fourth-order valence-corrected chi connectivity index (χ4v) is 1.94. The molecule has 1 N–H and O–H groups in total. The highest BCUT2D eigenvalue weighted by Gasteiger charge is 2.12. The van der Waals surface area contributed by atoms with Crippen LogP contribution in [0.2, 0.25) is 0 Å². The van der Waals surface area contributed by atoms with Crippen molar-refractivity contribution >= 4 is 11.3 Å². The molecule has 1 aliphatic heterocycles. The molecule has 1 radical (unpaired) electrons. The number of nitrogens with one attached hydrogen (secondary N) is 1. The zero-order valence-electron chi connectivity index (χ0n) is 6.21. The molecule has 1 nitrogen and oxygen atoms in total. The number of hydrogen-bond donors (Lipinski definition) is 1. The Balaban J connectivity index is 2.11. The van der Waals surface area contributed by atoms with Crippen LogP contribution in [0.15, 0.2) is 29.7 Å². The topological polar surface area (TPSA) is 12.0 Å². The summed E-state index contributed by atoms with van der Waals surface area (Å²) < 4.78 is 0. The lowest BCUT2D eigenvalue weighted by atomic mass is 10.1. The Labute approximate surface area is 70.8 Å². The van der Waals surface area contributed by atoms with Crippen LogP contribution in [0.25, 0.3) is 0 Å². The summed E-state index contributed by atoms with van der Waals surface area (Å²) in [5.41, 5.74) is 0. The van der Waals surface area contributed by atoms with Gasteiger partial charge in [0.25, 0.3) is 0 Å². The van der Waals surface area contributed by atoms with E-state index in [1.807, 2.05) is 0 Å². The van der Waals surface area contributed by atoms with Crippen molar-refractivity contribution in [3.63, 3.8) is 0 Å². The van der Waals surface area contributed by atoms with Gasteiger partial charge in [0.05, 0.1) is 6.04 Å². The van der Waals surface area contributed by atoms with Gasteiger partial charge in [-0.15, -0.1) is 11.3 Å². The van der Waals surface area contributed by atoms with Crippen molar-refractivity contribution in [2.24, 2.45) is 0 Å². The predicted octanol–water partition coefficient (Wildman–Crippen LogP) is 2.18. The minimum absolute atomic E-state index is 0.979. The first-order valence-electron chi connectivity index (χ1n) is 3.75. The molecular formula is C9H10NS. The molecule has 0 fully saturated rings. The molecule has 0 atom stereocenters. The van der Waals surface area contributed by atoms with Gasteiger partial charge < -0.3 is 5.32 Å². The first kappa shape index (κ1) is 7.07. The van der Waals surface area contributed by atoms with Crippen LogP contribution in [-0.4, -0.2) is 6.54 Å². The molecule has 1 aromatic heterocycles. The van der Waals surface area contributed by atoms with Gasteiger partial charge in [0, 0.05) is 11.4 Å². The van der Waals surface area contributed by atoms with Crippen molar-refractivity contribution in [1.29, 1.82) is 0 Å². The van der Waals surface area contributed by atoms with Crippen molar-refractivity contribution in [3.05, 3.63) is 40.6 Å². The molecule has 2 heteroatoms. The summed E-state index contributed by atoms with van der Waals surface area (Å²) in [6.45, 7) is 0.979. The van der Waals surface area contributed by atoms with Gasteiger partial charge in [-0.1, -0.05) is 18.2 Å². The second-order valence-electron chi connectivity index (χ2n) is 2.51. The van der Waals surface area contributed by atoms with Crippen molar-refractivity contribution < 1.29 is 0 Å². The Kier molecular flexibility index (Phi) is 2.06. The van der Waals surface area contributed by atoms with E-state index in [-0.39, 0.29) is 0 Å². The Bertz CT molecular complexity index is 238. The largest absolute Gasteiger partial charge is 0.301 e. The summed E-state index contributed by atoms with van der Waals surface area (Å²) in [7, 11) is 0. The smallest absolute Gasteiger partial charge is 0.0803 e. The number of thiophene rings is 1. The highest BCUT2D eigenvalue weighted by atomic mass is 32.1. The van der Waals surface area contributed by atoms with Crippen molar-refractivity contribution in [2.45, 2.75) is 6.42 Å². The average molecular weight is 164 g/mol. The molecule has 2 rings (SSSR count). The van der Waals surface area contributed by atoms with Gasteiger partial charge in [0.15, 0.2) is 0 Å². The first-order chi connectivity index (χ1) is 5.47. The molecule has 0 aliphatic carbocycles. The molecule has 0 saturated carbocycles. The lowest BCUT2D eigenvalue weighted by Gasteiger charge is -2.16.